The summed E-state index contributed by atoms with van der Waals surface area (Å²) < 4.78 is 13.6. The smallest absolute Gasteiger partial charge is 0.146 e. The van der Waals surface area contributed by atoms with Gasteiger partial charge in [-0.05, 0) is 19.9 Å². The molecule has 0 saturated carbocycles. The summed E-state index contributed by atoms with van der Waals surface area (Å²) in [6.07, 6.45) is 0. The van der Waals surface area contributed by atoms with E-state index in [1.165, 1.54) is 6.07 Å². The number of hydrogen-bond acceptors (Lipinski definition) is 2. The molecule has 0 aromatic heterocycles. The van der Waals surface area contributed by atoms with Crippen molar-refractivity contribution < 1.29 is 9.50 Å². The van der Waals surface area contributed by atoms with Crippen LogP contribution < -0.4 is 0 Å². The van der Waals surface area contributed by atoms with E-state index in [0.29, 0.717) is 18.7 Å². The number of rotatable bonds is 5. The SMILES string of the molecule is CC(C)N(CCO)Cc1cccc(Cl)c1F. The van der Waals surface area contributed by atoms with Gasteiger partial charge in [0.05, 0.1) is 11.6 Å². The summed E-state index contributed by atoms with van der Waals surface area (Å²) in [5.74, 6) is -0.368. The number of benzene rings is 1. The van der Waals surface area contributed by atoms with Crippen LogP contribution in [0.15, 0.2) is 18.2 Å². The minimum absolute atomic E-state index is 0.0698. The lowest BCUT2D eigenvalue weighted by Gasteiger charge is -2.25. The fourth-order valence-electron chi connectivity index (χ4n) is 1.54. The number of aliphatic hydroxyl groups is 1. The van der Waals surface area contributed by atoms with Crippen LogP contribution in [0.2, 0.25) is 5.02 Å². The minimum atomic E-state index is -0.368. The molecule has 90 valence electrons. The molecule has 0 fully saturated rings. The molecule has 16 heavy (non-hydrogen) atoms. The summed E-state index contributed by atoms with van der Waals surface area (Å²) in [5.41, 5.74) is 0.564. The standard InChI is InChI=1S/C12H17ClFNO/c1-9(2)15(6-7-16)8-10-4-3-5-11(13)12(10)14/h3-5,9,16H,6-8H2,1-2H3. The first-order chi connectivity index (χ1) is 7.56. The Bertz CT molecular complexity index is 344. The van der Waals surface area contributed by atoms with Gasteiger partial charge >= 0.3 is 0 Å². The monoisotopic (exact) mass is 245 g/mol. The van der Waals surface area contributed by atoms with Crippen molar-refractivity contribution in [2.45, 2.75) is 26.4 Å². The first kappa shape index (κ1) is 13.4. The Hall–Kier alpha value is -0.640. The molecule has 0 atom stereocenters. The molecule has 0 aliphatic rings. The Kier molecular flexibility index (Phi) is 5.19. The molecule has 0 spiro atoms. The third-order valence-corrected chi connectivity index (χ3v) is 2.81. The number of aliphatic hydroxyl groups excluding tert-OH is 1. The Labute approximate surface area is 101 Å². The van der Waals surface area contributed by atoms with Crippen LogP contribution in [-0.2, 0) is 6.54 Å². The van der Waals surface area contributed by atoms with E-state index in [4.69, 9.17) is 16.7 Å². The quantitative estimate of drug-likeness (QED) is 0.862. The van der Waals surface area contributed by atoms with Crippen molar-refractivity contribution in [1.29, 1.82) is 0 Å². The predicted molar refractivity (Wildman–Crippen MR) is 64.0 cm³/mol. The molecule has 1 aromatic rings. The van der Waals surface area contributed by atoms with Crippen LogP contribution >= 0.6 is 11.6 Å². The summed E-state index contributed by atoms with van der Waals surface area (Å²) >= 11 is 5.71. The van der Waals surface area contributed by atoms with Gasteiger partial charge in [-0.25, -0.2) is 4.39 Å². The van der Waals surface area contributed by atoms with Gasteiger partial charge in [-0.2, -0.15) is 0 Å². The van der Waals surface area contributed by atoms with Crippen molar-refractivity contribution in [3.8, 4) is 0 Å². The second-order valence-corrected chi connectivity index (χ2v) is 4.41. The third kappa shape index (κ3) is 3.44. The van der Waals surface area contributed by atoms with Gasteiger partial charge in [0.1, 0.15) is 5.82 Å². The fraction of sp³-hybridized carbons (Fsp3) is 0.500. The lowest BCUT2D eigenvalue weighted by molar-refractivity contribution is 0.158. The summed E-state index contributed by atoms with van der Waals surface area (Å²) in [5, 5.41) is 9.07. The zero-order valence-corrected chi connectivity index (χ0v) is 10.3. The summed E-state index contributed by atoms with van der Waals surface area (Å²) in [4.78, 5) is 1.99. The largest absolute Gasteiger partial charge is 0.395 e. The van der Waals surface area contributed by atoms with E-state index in [1.807, 2.05) is 18.7 Å². The molecule has 2 nitrogen and oxygen atoms in total. The highest BCUT2D eigenvalue weighted by Gasteiger charge is 2.13. The van der Waals surface area contributed by atoms with Gasteiger partial charge in [-0.15, -0.1) is 0 Å². The van der Waals surface area contributed by atoms with Crippen LogP contribution in [0, 0.1) is 5.82 Å². The first-order valence-electron chi connectivity index (χ1n) is 5.34. The third-order valence-electron chi connectivity index (χ3n) is 2.52. The maximum atomic E-state index is 13.6. The highest BCUT2D eigenvalue weighted by molar-refractivity contribution is 6.30. The average molecular weight is 246 g/mol. The van der Waals surface area contributed by atoms with Crippen LogP contribution in [-0.4, -0.2) is 29.2 Å². The molecule has 4 heteroatoms. The summed E-state index contributed by atoms with van der Waals surface area (Å²) in [7, 11) is 0. The van der Waals surface area contributed by atoms with Crippen molar-refractivity contribution in [3.63, 3.8) is 0 Å². The fourth-order valence-corrected chi connectivity index (χ4v) is 1.73. The number of hydrogen-bond donors (Lipinski definition) is 1. The number of nitrogens with zero attached hydrogens (tertiary/aromatic N) is 1. The molecule has 0 radical (unpaired) electrons. The van der Waals surface area contributed by atoms with Crippen molar-refractivity contribution in [2.75, 3.05) is 13.2 Å². The van der Waals surface area contributed by atoms with Gasteiger partial charge < -0.3 is 5.11 Å². The van der Waals surface area contributed by atoms with Crippen LogP contribution in [0.5, 0.6) is 0 Å². The van der Waals surface area contributed by atoms with E-state index in [-0.39, 0.29) is 23.5 Å². The van der Waals surface area contributed by atoms with Gasteiger partial charge in [0.2, 0.25) is 0 Å². The zero-order valence-electron chi connectivity index (χ0n) is 9.58. The van der Waals surface area contributed by atoms with E-state index >= 15 is 0 Å². The molecule has 0 aliphatic heterocycles. The van der Waals surface area contributed by atoms with Crippen molar-refractivity contribution >= 4 is 11.6 Å². The van der Waals surface area contributed by atoms with E-state index in [2.05, 4.69) is 0 Å². The van der Waals surface area contributed by atoms with Crippen LogP contribution in [0.4, 0.5) is 4.39 Å². The second kappa shape index (κ2) is 6.18. The molecule has 0 bridgehead atoms. The van der Waals surface area contributed by atoms with E-state index in [9.17, 15) is 4.39 Å². The molecule has 0 amide bonds. The maximum absolute atomic E-state index is 13.6. The van der Waals surface area contributed by atoms with Crippen molar-refractivity contribution in [2.24, 2.45) is 0 Å². The normalized spacial score (nSPS) is 11.4. The van der Waals surface area contributed by atoms with Gasteiger partial charge in [0.15, 0.2) is 0 Å². The molecule has 1 N–H and O–H groups in total. The van der Waals surface area contributed by atoms with Gasteiger partial charge in [-0.1, -0.05) is 23.7 Å². The van der Waals surface area contributed by atoms with Crippen molar-refractivity contribution in [1.82, 2.24) is 4.90 Å². The molecular weight excluding hydrogens is 229 g/mol. The lowest BCUT2D eigenvalue weighted by atomic mass is 10.1. The Morgan fingerprint density at radius 1 is 1.44 bits per heavy atom. The zero-order chi connectivity index (χ0) is 12.1. The molecule has 0 unspecified atom stereocenters. The van der Waals surface area contributed by atoms with Gasteiger partial charge in [0.25, 0.3) is 0 Å². The molecule has 0 aliphatic carbocycles. The molecular formula is C12H17ClFNO. The lowest BCUT2D eigenvalue weighted by Crippen LogP contribution is -2.33. The minimum Gasteiger partial charge on any atom is -0.395 e. The molecule has 0 heterocycles. The topological polar surface area (TPSA) is 23.5 Å². The highest BCUT2D eigenvalue weighted by Crippen LogP contribution is 2.19. The highest BCUT2D eigenvalue weighted by atomic mass is 35.5. The predicted octanol–water partition coefficient (Wildman–Crippen LogP) is 2.68. The maximum Gasteiger partial charge on any atom is 0.146 e. The van der Waals surface area contributed by atoms with Crippen LogP contribution in [0.1, 0.15) is 19.4 Å². The Morgan fingerprint density at radius 3 is 2.69 bits per heavy atom. The summed E-state index contributed by atoms with van der Waals surface area (Å²) in [6.45, 7) is 5.09. The molecule has 1 rings (SSSR count). The van der Waals surface area contributed by atoms with E-state index in [0.717, 1.165) is 0 Å². The van der Waals surface area contributed by atoms with Crippen LogP contribution in [0.25, 0.3) is 0 Å². The second-order valence-electron chi connectivity index (χ2n) is 4.00. The molecule has 0 saturated heterocycles. The summed E-state index contributed by atoms with van der Waals surface area (Å²) in [6, 6.07) is 5.24. The Balaban J connectivity index is 2.81. The van der Waals surface area contributed by atoms with Gasteiger partial charge in [-0.3, -0.25) is 4.90 Å². The van der Waals surface area contributed by atoms with Crippen molar-refractivity contribution in [3.05, 3.63) is 34.6 Å². The van der Waals surface area contributed by atoms with Crippen LogP contribution in [0.3, 0.4) is 0 Å². The van der Waals surface area contributed by atoms with E-state index < -0.39 is 0 Å². The van der Waals surface area contributed by atoms with E-state index in [1.54, 1.807) is 12.1 Å². The average Bonchev–Trinajstić information content (AvgIpc) is 2.23. The Morgan fingerprint density at radius 2 is 2.12 bits per heavy atom. The number of halogens is 2. The first-order valence-corrected chi connectivity index (χ1v) is 5.72. The molecule has 1 aromatic carbocycles. The van der Waals surface area contributed by atoms with Gasteiger partial charge in [0, 0.05) is 24.7 Å².